The minimum Gasteiger partial charge on any atom is -0.385 e. The summed E-state index contributed by atoms with van der Waals surface area (Å²) in [5, 5.41) is 8.00. The minimum absolute atomic E-state index is 0.840. The lowest BCUT2D eigenvalue weighted by Crippen LogP contribution is -2.16. The molecule has 0 aliphatic carbocycles. The van der Waals surface area contributed by atoms with E-state index in [1.165, 1.54) is 17.0 Å². The highest BCUT2D eigenvalue weighted by atomic mass is 16.5. The average Bonchev–Trinajstić information content (AvgIpc) is 2.62. The molecule has 1 N–H and O–H groups in total. The van der Waals surface area contributed by atoms with Crippen LogP contribution in [0.2, 0.25) is 0 Å². The number of hydrogen-bond donors (Lipinski definition) is 1. The van der Waals surface area contributed by atoms with Crippen LogP contribution in [0.5, 0.6) is 0 Å². The van der Waals surface area contributed by atoms with Gasteiger partial charge in [-0.25, -0.2) is 0 Å². The summed E-state index contributed by atoms with van der Waals surface area (Å²) in [7, 11) is 1.75. The van der Waals surface area contributed by atoms with Crippen LogP contribution in [0.3, 0.4) is 0 Å². The Morgan fingerprint density at radius 2 is 2.06 bits per heavy atom. The van der Waals surface area contributed by atoms with Gasteiger partial charge in [0.25, 0.3) is 0 Å². The number of nitrogens with one attached hydrogen (secondary N) is 1. The van der Waals surface area contributed by atoms with Gasteiger partial charge in [-0.3, -0.25) is 4.68 Å². The van der Waals surface area contributed by atoms with Crippen LogP contribution in [-0.2, 0) is 17.7 Å². The van der Waals surface area contributed by atoms with Crippen molar-refractivity contribution in [2.24, 2.45) is 0 Å². The van der Waals surface area contributed by atoms with Gasteiger partial charge >= 0.3 is 0 Å². The summed E-state index contributed by atoms with van der Waals surface area (Å²) in [5.74, 6) is 0. The van der Waals surface area contributed by atoms with Crippen molar-refractivity contribution in [3.05, 3.63) is 17.0 Å². The summed E-state index contributed by atoms with van der Waals surface area (Å²) in [4.78, 5) is 0. The Kier molecular flexibility index (Phi) is 6.98. The van der Waals surface area contributed by atoms with Crippen molar-refractivity contribution >= 4 is 0 Å². The van der Waals surface area contributed by atoms with Crippen molar-refractivity contribution in [2.45, 2.75) is 46.6 Å². The van der Waals surface area contributed by atoms with Crippen LogP contribution in [0, 0.1) is 13.8 Å². The second kappa shape index (κ2) is 8.27. The van der Waals surface area contributed by atoms with Crippen molar-refractivity contribution in [1.29, 1.82) is 0 Å². The van der Waals surface area contributed by atoms with E-state index in [1.807, 2.05) is 0 Å². The molecule has 0 fully saturated rings. The zero-order valence-electron chi connectivity index (χ0n) is 12.3. The van der Waals surface area contributed by atoms with E-state index in [0.717, 1.165) is 45.5 Å². The lowest BCUT2D eigenvalue weighted by molar-refractivity contribution is 0.191. The Balaban J connectivity index is 2.51. The molecule has 0 aliphatic heterocycles. The third-order valence-corrected chi connectivity index (χ3v) is 3.30. The molecule has 0 amide bonds. The molecule has 0 aliphatic rings. The van der Waals surface area contributed by atoms with Gasteiger partial charge in [0, 0.05) is 26.0 Å². The molecular weight excluding hydrogens is 226 g/mol. The molecule has 0 unspecified atom stereocenters. The van der Waals surface area contributed by atoms with E-state index < -0.39 is 0 Å². The number of rotatable bonds is 9. The predicted octanol–water partition coefficient (Wildman–Crippen LogP) is 2.08. The first-order valence-corrected chi connectivity index (χ1v) is 6.93. The molecule has 1 aromatic rings. The van der Waals surface area contributed by atoms with Crippen molar-refractivity contribution in [2.75, 3.05) is 26.8 Å². The molecule has 1 rings (SSSR count). The zero-order chi connectivity index (χ0) is 13.4. The van der Waals surface area contributed by atoms with Gasteiger partial charge in [-0.15, -0.1) is 0 Å². The number of aryl methyl sites for hydroxylation is 2. The Hall–Kier alpha value is -0.870. The van der Waals surface area contributed by atoms with Gasteiger partial charge < -0.3 is 10.1 Å². The fraction of sp³-hybridized carbons (Fsp3) is 0.786. The molecule has 4 heteroatoms. The summed E-state index contributed by atoms with van der Waals surface area (Å²) in [6.45, 7) is 10.3. The van der Waals surface area contributed by atoms with Crippen LogP contribution in [-0.4, -0.2) is 36.6 Å². The van der Waals surface area contributed by atoms with E-state index in [9.17, 15) is 0 Å². The van der Waals surface area contributed by atoms with E-state index in [4.69, 9.17) is 4.74 Å². The topological polar surface area (TPSA) is 39.1 Å². The van der Waals surface area contributed by atoms with Crippen molar-refractivity contribution < 1.29 is 4.74 Å². The monoisotopic (exact) mass is 253 g/mol. The third-order valence-electron chi connectivity index (χ3n) is 3.30. The first kappa shape index (κ1) is 15.2. The second-order valence-corrected chi connectivity index (χ2v) is 4.68. The van der Waals surface area contributed by atoms with Gasteiger partial charge in [-0.05, 0) is 51.8 Å². The molecule has 0 saturated heterocycles. The Labute approximate surface area is 111 Å². The highest BCUT2D eigenvalue weighted by molar-refractivity contribution is 5.24. The summed E-state index contributed by atoms with van der Waals surface area (Å²) in [6.07, 6.45) is 3.30. The number of ether oxygens (including phenoxy) is 1. The van der Waals surface area contributed by atoms with Crippen LogP contribution in [0.1, 0.15) is 36.7 Å². The molecule has 0 bridgehead atoms. The number of aromatic nitrogens is 2. The maximum atomic E-state index is 5.07. The van der Waals surface area contributed by atoms with Gasteiger partial charge in [0.05, 0.1) is 5.69 Å². The molecule has 1 aromatic heterocycles. The number of methoxy groups -OCH3 is 1. The highest BCUT2D eigenvalue weighted by Crippen LogP contribution is 2.14. The summed E-state index contributed by atoms with van der Waals surface area (Å²) in [5.41, 5.74) is 3.91. The van der Waals surface area contributed by atoms with Gasteiger partial charge in [-0.1, -0.05) is 6.92 Å². The lowest BCUT2D eigenvalue weighted by atomic mass is 10.1. The summed E-state index contributed by atoms with van der Waals surface area (Å²) >= 11 is 0. The van der Waals surface area contributed by atoms with Crippen molar-refractivity contribution in [3.63, 3.8) is 0 Å². The van der Waals surface area contributed by atoms with Crippen LogP contribution < -0.4 is 5.32 Å². The van der Waals surface area contributed by atoms with Gasteiger partial charge in [0.2, 0.25) is 0 Å². The molecular formula is C14H27N3O. The summed E-state index contributed by atoms with van der Waals surface area (Å²) in [6, 6.07) is 0. The maximum absolute atomic E-state index is 5.07. The molecule has 0 aromatic carbocycles. The maximum Gasteiger partial charge on any atom is 0.0628 e. The summed E-state index contributed by atoms with van der Waals surface area (Å²) < 4.78 is 7.21. The number of likely N-dealkylation sites (N-methyl/N-ethyl adjacent to an activating group) is 1. The smallest absolute Gasteiger partial charge is 0.0628 e. The van der Waals surface area contributed by atoms with Crippen LogP contribution >= 0.6 is 0 Å². The first-order valence-electron chi connectivity index (χ1n) is 6.93. The quantitative estimate of drug-likeness (QED) is 0.685. The van der Waals surface area contributed by atoms with Crippen LogP contribution in [0.15, 0.2) is 0 Å². The largest absolute Gasteiger partial charge is 0.385 e. The number of unbranched alkanes of at least 4 members (excludes halogenated alkanes) is 1. The minimum atomic E-state index is 0.840. The molecule has 1 heterocycles. The van der Waals surface area contributed by atoms with Crippen molar-refractivity contribution in [1.82, 2.24) is 15.1 Å². The Morgan fingerprint density at radius 1 is 1.28 bits per heavy atom. The highest BCUT2D eigenvalue weighted by Gasteiger charge is 2.10. The first-order chi connectivity index (χ1) is 8.70. The average molecular weight is 253 g/mol. The molecule has 0 radical (unpaired) electrons. The van der Waals surface area contributed by atoms with E-state index in [2.05, 4.69) is 35.9 Å². The lowest BCUT2D eigenvalue weighted by Gasteiger charge is -2.06. The second-order valence-electron chi connectivity index (χ2n) is 4.68. The predicted molar refractivity (Wildman–Crippen MR) is 75.1 cm³/mol. The number of nitrogens with zero attached hydrogens (tertiary/aromatic N) is 2. The van der Waals surface area contributed by atoms with E-state index in [0.29, 0.717) is 0 Å². The number of hydrogen-bond acceptors (Lipinski definition) is 3. The molecule has 0 saturated carbocycles. The van der Waals surface area contributed by atoms with Gasteiger partial charge in [-0.2, -0.15) is 5.10 Å². The molecule has 18 heavy (non-hydrogen) atoms. The Bertz CT molecular complexity index is 347. The van der Waals surface area contributed by atoms with Crippen molar-refractivity contribution in [3.8, 4) is 0 Å². The SMILES string of the molecule is CCNCCc1c(C)nn(CCCCOC)c1C. The fourth-order valence-corrected chi connectivity index (χ4v) is 2.21. The fourth-order valence-electron chi connectivity index (χ4n) is 2.21. The van der Waals surface area contributed by atoms with Crippen LogP contribution in [0.4, 0.5) is 0 Å². The third kappa shape index (κ3) is 4.42. The van der Waals surface area contributed by atoms with E-state index in [-0.39, 0.29) is 0 Å². The normalized spacial score (nSPS) is 11.1. The van der Waals surface area contributed by atoms with Gasteiger partial charge in [0.1, 0.15) is 0 Å². The standard InChI is InChI=1S/C14H27N3O/c1-5-15-9-8-14-12(2)16-17(13(14)3)10-6-7-11-18-4/h15H,5-11H2,1-4H3. The zero-order valence-corrected chi connectivity index (χ0v) is 12.3. The van der Waals surface area contributed by atoms with Gasteiger partial charge in [0.15, 0.2) is 0 Å². The molecule has 104 valence electrons. The van der Waals surface area contributed by atoms with E-state index in [1.54, 1.807) is 7.11 Å². The Morgan fingerprint density at radius 3 is 2.72 bits per heavy atom. The molecule has 0 spiro atoms. The molecule has 4 nitrogen and oxygen atoms in total. The van der Waals surface area contributed by atoms with E-state index >= 15 is 0 Å². The van der Waals surface area contributed by atoms with Crippen LogP contribution in [0.25, 0.3) is 0 Å². The molecule has 0 atom stereocenters.